The number of hydrogen-bond donors (Lipinski definition) is 0. The van der Waals surface area contributed by atoms with Gasteiger partial charge in [0.1, 0.15) is 11.5 Å². The number of hydrogen-bond acceptors (Lipinski definition) is 3. The van der Waals surface area contributed by atoms with Crippen molar-refractivity contribution in [3.8, 4) is 11.5 Å². The van der Waals surface area contributed by atoms with Gasteiger partial charge in [-0.3, -0.25) is 10.1 Å². The quantitative estimate of drug-likeness (QED) is 0.480. The molecule has 0 amide bonds. The van der Waals surface area contributed by atoms with Crippen LogP contribution in [0.1, 0.15) is 5.56 Å². The van der Waals surface area contributed by atoms with Crippen molar-refractivity contribution < 1.29 is 9.66 Å². The van der Waals surface area contributed by atoms with Crippen LogP contribution in [-0.4, -0.2) is 34.5 Å². The molecule has 0 heterocycles. The van der Waals surface area contributed by atoms with Gasteiger partial charge in [-0.25, -0.2) is 0 Å². The topological polar surface area (TPSA) is 52.4 Å². The van der Waals surface area contributed by atoms with E-state index in [-0.39, 0.29) is 35.2 Å². The molecule has 2 aromatic carbocycles. The van der Waals surface area contributed by atoms with Gasteiger partial charge in [0.05, 0.1) is 4.92 Å². The van der Waals surface area contributed by atoms with Gasteiger partial charge in [-0.05, 0) is 30.7 Å². The van der Waals surface area contributed by atoms with E-state index in [0.717, 1.165) is 5.56 Å². The van der Waals surface area contributed by atoms with Crippen molar-refractivity contribution in [1.29, 1.82) is 0 Å². The van der Waals surface area contributed by atoms with Crippen LogP contribution >= 0.6 is 0 Å². The van der Waals surface area contributed by atoms with Crippen molar-refractivity contribution in [3.05, 3.63) is 64.2 Å². The molecule has 0 bridgehead atoms. The van der Waals surface area contributed by atoms with Crippen molar-refractivity contribution >= 4 is 35.2 Å². The zero-order valence-corrected chi connectivity index (χ0v) is 9.29. The Morgan fingerprint density at radius 2 is 1.78 bits per heavy atom. The molecule has 0 spiro atoms. The van der Waals surface area contributed by atoms with Crippen LogP contribution in [0.4, 0.5) is 5.69 Å². The summed E-state index contributed by atoms with van der Waals surface area (Å²) in [7, 11) is 0. The number of nitro groups is 1. The number of ether oxygens (including phenoxy) is 1. The number of rotatable bonds is 3. The monoisotopic (exact) mass is 253 g/mol. The zero-order chi connectivity index (χ0) is 12.3. The maximum atomic E-state index is 10.6. The SMILES string of the molecule is Cc1cc([N+](=O)[O-])ccc1Oc1ccccc1.[NaH]. The second kappa shape index (κ2) is 6.54. The molecule has 0 aliphatic carbocycles. The first-order valence-corrected chi connectivity index (χ1v) is 5.15. The minimum atomic E-state index is -0.417. The summed E-state index contributed by atoms with van der Waals surface area (Å²) >= 11 is 0. The van der Waals surface area contributed by atoms with Crippen molar-refractivity contribution in [1.82, 2.24) is 0 Å². The fourth-order valence-corrected chi connectivity index (χ4v) is 1.48. The van der Waals surface area contributed by atoms with Gasteiger partial charge in [0.15, 0.2) is 0 Å². The number of non-ortho nitro benzene ring substituents is 1. The van der Waals surface area contributed by atoms with Crippen molar-refractivity contribution in [2.75, 3.05) is 0 Å². The third-order valence-electron chi connectivity index (χ3n) is 2.34. The molecule has 0 aromatic heterocycles. The molecule has 2 rings (SSSR count). The normalized spacial score (nSPS) is 9.39. The van der Waals surface area contributed by atoms with Crippen molar-refractivity contribution in [3.63, 3.8) is 0 Å². The molecule has 0 aliphatic heterocycles. The average molecular weight is 253 g/mol. The molecular weight excluding hydrogens is 241 g/mol. The molecular formula is C13H12NNaO3. The Kier molecular flexibility index (Phi) is 5.34. The second-order valence-electron chi connectivity index (χ2n) is 3.62. The van der Waals surface area contributed by atoms with E-state index in [1.807, 2.05) is 30.3 Å². The first-order chi connectivity index (χ1) is 8.16. The standard InChI is InChI=1S/C13H11NO3.Na.H/c1-10-9-11(14(15)16)7-8-13(10)17-12-5-3-2-4-6-12;;/h2-9H,1H3;;. The molecule has 0 N–H and O–H groups in total. The van der Waals surface area contributed by atoms with Crippen LogP contribution in [0, 0.1) is 17.0 Å². The van der Waals surface area contributed by atoms with Crippen LogP contribution in [0.3, 0.4) is 0 Å². The maximum absolute atomic E-state index is 10.6. The number of benzene rings is 2. The predicted octanol–water partition coefficient (Wildman–Crippen LogP) is 3.05. The third-order valence-corrected chi connectivity index (χ3v) is 2.34. The van der Waals surface area contributed by atoms with Gasteiger partial charge in [-0.15, -0.1) is 0 Å². The van der Waals surface area contributed by atoms with E-state index in [2.05, 4.69) is 0 Å². The van der Waals surface area contributed by atoms with Gasteiger partial charge in [0, 0.05) is 12.1 Å². The Hall–Kier alpha value is -1.36. The molecule has 5 heteroatoms. The van der Waals surface area contributed by atoms with Gasteiger partial charge >= 0.3 is 29.6 Å². The van der Waals surface area contributed by atoms with E-state index < -0.39 is 4.92 Å². The van der Waals surface area contributed by atoms with E-state index >= 15 is 0 Å². The number of nitrogens with zero attached hydrogens (tertiary/aromatic N) is 1. The first kappa shape index (κ1) is 14.7. The van der Waals surface area contributed by atoms with Gasteiger partial charge in [0.25, 0.3) is 5.69 Å². The van der Waals surface area contributed by atoms with Crippen LogP contribution in [0.15, 0.2) is 48.5 Å². The van der Waals surface area contributed by atoms with Crippen molar-refractivity contribution in [2.24, 2.45) is 0 Å². The molecule has 0 atom stereocenters. The molecule has 4 nitrogen and oxygen atoms in total. The Morgan fingerprint density at radius 3 is 2.33 bits per heavy atom. The minimum absolute atomic E-state index is 0. The summed E-state index contributed by atoms with van der Waals surface area (Å²) in [6.07, 6.45) is 0. The second-order valence-corrected chi connectivity index (χ2v) is 3.62. The summed E-state index contributed by atoms with van der Waals surface area (Å²) in [6, 6.07) is 13.9. The summed E-state index contributed by atoms with van der Waals surface area (Å²) in [5.74, 6) is 1.34. The molecule has 0 saturated heterocycles. The molecule has 0 aliphatic rings. The third kappa shape index (κ3) is 3.57. The van der Waals surface area contributed by atoms with Crippen LogP contribution in [0.2, 0.25) is 0 Å². The number of nitro benzene ring substituents is 1. The number of aryl methyl sites for hydroxylation is 1. The molecule has 88 valence electrons. The first-order valence-electron chi connectivity index (χ1n) is 5.15. The Morgan fingerprint density at radius 1 is 1.11 bits per heavy atom. The van der Waals surface area contributed by atoms with Crippen LogP contribution in [0.5, 0.6) is 11.5 Å². The van der Waals surface area contributed by atoms with E-state index in [0.29, 0.717) is 11.5 Å². The Balaban J connectivity index is 0.00000162. The number of para-hydroxylation sites is 1. The molecule has 18 heavy (non-hydrogen) atoms. The van der Waals surface area contributed by atoms with Crippen molar-refractivity contribution in [2.45, 2.75) is 6.92 Å². The van der Waals surface area contributed by atoms with Gasteiger partial charge in [-0.2, -0.15) is 0 Å². The summed E-state index contributed by atoms with van der Waals surface area (Å²) in [4.78, 5) is 10.2. The van der Waals surface area contributed by atoms with E-state index in [1.54, 1.807) is 13.0 Å². The summed E-state index contributed by atoms with van der Waals surface area (Å²) < 4.78 is 5.62. The molecule has 2 aromatic rings. The van der Waals surface area contributed by atoms with E-state index in [1.165, 1.54) is 12.1 Å². The van der Waals surface area contributed by atoms with Gasteiger partial charge < -0.3 is 4.74 Å². The van der Waals surface area contributed by atoms with E-state index in [4.69, 9.17) is 4.74 Å². The molecule has 0 fully saturated rings. The van der Waals surface area contributed by atoms with Crippen LogP contribution in [0.25, 0.3) is 0 Å². The fourth-order valence-electron chi connectivity index (χ4n) is 1.48. The van der Waals surface area contributed by atoms with Gasteiger partial charge in [-0.1, -0.05) is 18.2 Å². The predicted molar refractivity (Wildman–Crippen MR) is 71.5 cm³/mol. The molecule has 0 saturated carbocycles. The summed E-state index contributed by atoms with van der Waals surface area (Å²) in [5, 5.41) is 10.6. The summed E-state index contributed by atoms with van der Waals surface area (Å²) in [6.45, 7) is 1.78. The zero-order valence-electron chi connectivity index (χ0n) is 9.29. The average Bonchev–Trinajstić information content (AvgIpc) is 2.33. The van der Waals surface area contributed by atoms with E-state index in [9.17, 15) is 10.1 Å². The Labute approximate surface area is 127 Å². The van der Waals surface area contributed by atoms with Gasteiger partial charge in [0.2, 0.25) is 0 Å². The Bertz CT molecular complexity index is 543. The molecule has 0 unspecified atom stereocenters. The van der Waals surface area contributed by atoms with Crippen LogP contribution < -0.4 is 4.74 Å². The summed E-state index contributed by atoms with van der Waals surface area (Å²) in [5.41, 5.74) is 0.811. The molecule has 0 radical (unpaired) electrons. The van der Waals surface area contributed by atoms with Crippen LogP contribution in [-0.2, 0) is 0 Å². The fraction of sp³-hybridized carbons (Fsp3) is 0.0769.